The van der Waals surface area contributed by atoms with E-state index in [0.717, 1.165) is 16.9 Å². The fraction of sp³-hybridized carbons (Fsp3) is 0.440. The Labute approximate surface area is 184 Å². The topological polar surface area (TPSA) is 73.9 Å². The van der Waals surface area contributed by atoms with Gasteiger partial charge in [0.1, 0.15) is 30.6 Å². The standard InChI is InChI=1S/C25H33NO5/c1-17(2)22(26-24(28)31-25(4,5)6)23(27)30-16-20-11-13-21(14-12-20)29-15-19-9-7-18(3)8-10-19/h7-14,17,22H,15-16H2,1-6H3,(H,26,28). The van der Waals surface area contributed by atoms with Crippen LogP contribution in [0.25, 0.3) is 0 Å². The van der Waals surface area contributed by atoms with E-state index in [1.807, 2.05) is 57.2 Å². The van der Waals surface area contributed by atoms with Gasteiger partial charge < -0.3 is 19.5 Å². The van der Waals surface area contributed by atoms with Crippen LogP contribution in [0.5, 0.6) is 5.75 Å². The largest absolute Gasteiger partial charge is 0.489 e. The van der Waals surface area contributed by atoms with Crippen LogP contribution in [0.2, 0.25) is 0 Å². The van der Waals surface area contributed by atoms with Crippen LogP contribution >= 0.6 is 0 Å². The van der Waals surface area contributed by atoms with Crippen molar-refractivity contribution < 1.29 is 23.8 Å². The maximum atomic E-state index is 12.5. The molecule has 1 amide bonds. The van der Waals surface area contributed by atoms with Gasteiger partial charge in [0.15, 0.2) is 0 Å². The molecule has 6 heteroatoms. The zero-order valence-corrected chi connectivity index (χ0v) is 19.2. The maximum Gasteiger partial charge on any atom is 0.408 e. The first-order chi connectivity index (χ1) is 14.5. The summed E-state index contributed by atoms with van der Waals surface area (Å²) < 4.78 is 16.4. The minimum atomic E-state index is -0.785. The molecule has 0 saturated carbocycles. The van der Waals surface area contributed by atoms with E-state index in [4.69, 9.17) is 14.2 Å². The summed E-state index contributed by atoms with van der Waals surface area (Å²) in [5.74, 6) is 0.0976. The molecule has 168 valence electrons. The first-order valence-corrected chi connectivity index (χ1v) is 10.5. The number of carbonyl (C=O) groups excluding carboxylic acids is 2. The summed E-state index contributed by atoms with van der Waals surface area (Å²) >= 11 is 0. The Morgan fingerprint density at radius 3 is 2.00 bits per heavy atom. The minimum Gasteiger partial charge on any atom is -0.489 e. The molecule has 2 aromatic rings. The molecule has 0 aliphatic rings. The van der Waals surface area contributed by atoms with E-state index in [1.54, 1.807) is 20.8 Å². The Balaban J connectivity index is 1.85. The molecule has 0 bridgehead atoms. The van der Waals surface area contributed by atoms with Crippen molar-refractivity contribution in [1.82, 2.24) is 5.32 Å². The van der Waals surface area contributed by atoms with Crippen LogP contribution in [0.3, 0.4) is 0 Å². The molecular formula is C25H33NO5. The molecule has 0 radical (unpaired) electrons. The maximum absolute atomic E-state index is 12.5. The molecule has 1 unspecified atom stereocenters. The van der Waals surface area contributed by atoms with Crippen LogP contribution < -0.4 is 10.1 Å². The summed E-state index contributed by atoms with van der Waals surface area (Å²) in [5, 5.41) is 2.60. The van der Waals surface area contributed by atoms with Gasteiger partial charge in [-0.05, 0) is 56.9 Å². The first kappa shape index (κ1) is 24.3. The molecule has 1 atom stereocenters. The highest BCUT2D eigenvalue weighted by Gasteiger charge is 2.28. The van der Waals surface area contributed by atoms with E-state index < -0.39 is 23.7 Å². The molecule has 2 rings (SSSR count). The number of aryl methyl sites for hydroxylation is 1. The molecule has 0 spiro atoms. The normalized spacial score (nSPS) is 12.2. The van der Waals surface area contributed by atoms with E-state index in [1.165, 1.54) is 5.56 Å². The van der Waals surface area contributed by atoms with E-state index in [9.17, 15) is 9.59 Å². The SMILES string of the molecule is Cc1ccc(COc2ccc(COC(=O)C(NC(=O)OC(C)(C)C)C(C)C)cc2)cc1. The number of hydrogen-bond donors (Lipinski definition) is 1. The van der Waals surface area contributed by atoms with Crippen LogP contribution in [-0.4, -0.2) is 23.7 Å². The zero-order valence-electron chi connectivity index (χ0n) is 19.2. The molecule has 0 fully saturated rings. The lowest BCUT2D eigenvalue weighted by molar-refractivity contribution is -0.148. The average molecular weight is 428 g/mol. The predicted molar refractivity (Wildman–Crippen MR) is 120 cm³/mol. The summed E-state index contributed by atoms with van der Waals surface area (Å²) in [5.41, 5.74) is 2.50. The zero-order chi connectivity index (χ0) is 23.0. The number of benzene rings is 2. The number of nitrogens with one attached hydrogen (secondary N) is 1. The van der Waals surface area contributed by atoms with E-state index >= 15 is 0 Å². The van der Waals surface area contributed by atoms with Crippen LogP contribution in [0.15, 0.2) is 48.5 Å². The Morgan fingerprint density at radius 1 is 0.903 bits per heavy atom. The van der Waals surface area contributed by atoms with Gasteiger partial charge in [-0.1, -0.05) is 55.8 Å². The van der Waals surface area contributed by atoms with Crippen molar-refractivity contribution in [3.05, 3.63) is 65.2 Å². The minimum absolute atomic E-state index is 0.107. The van der Waals surface area contributed by atoms with Gasteiger partial charge in [-0.15, -0.1) is 0 Å². The van der Waals surface area contributed by atoms with Gasteiger partial charge in [-0.3, -0.25) is 0 Å². The molecule has 1 N–H and O–H groups in total. The van der Waals surface area contributed by atoms with Crippen molar-refractivity contribution in [3.63, 3.8) is 0 Å². The third-order valence-electron chi connectivity index (χ3n) is 4.42. The fourth-order valence-corrected chi connectivity index (χ4v) is 2.71. The predicted octanol–water partition coefficient (Wildman–Crippen LogP) is 5.17. The molecule has 31 heavy (non-hydrogen) atoms. The Bertz CT molecular complexity index is 851. The Morgan fingerprint density at radius 2 is 1.45 bits per heavy atom. The van der Waals surface area contributed by atoms with Crippen molar-refractivity contribution in [3.8, 4) is 5.75 Å². The summed E-state index contributed by atoms with van der Waals surface area (Å²) in [4.78, 5) is 24.5. The van der Waals surface area contributed by atoms with E-state index in [-0.39, 0.29) is 12.5 Å². The second kappa shape index (κ2) is 10.8. The van der Waals surface area contributed by atoms with Gasteiger partial charge in [-0.2, -0.15) is 0 Å². The molecule has 0 aromatic heterocycles. The number of rotatable bonds is 8. The monoisotopic (exact) mass is 427 g/mol. The average Bonchev–Trinajstić information content (AvgIpc) is 2.69. The first-order valence-electron chi connectivity index (χ1n) is 10.5. The molecule has 0 heterocycles. The van der Waals surface area contributed by atoms with Crippen LogP contribution in [-0.2, 0) is 27.5 Å². The second-order valence-electron chi connectivity index (χ2n) is 8.89. The Hall–Kier alpha value is -3.02. The molecule has 2 aromatic carbocycles. The third-order valence-corrected chi connectivity index (χ3v) is 4.42. The lowest BCUT2D eigenvalue weighted by Gasteiger charge is -2.24. The number of esters is 1. The van der Waals surface area contributed by atoms with Gasteiger partial charge in [0.2, 0.25) is 0 Å². The van der Waals surface area contributed by atoms with Gasteiger partial charge in [-0.25, -0.2) is 9.59 Å². The third kappa shape index (κ3) is 8.70. The smallest absolute Gasteiger partial charge is 0.408 e. The highest BCUT2D eigenvalue weighted by atomic mass is 16.6. The van der Waals surface area contributed by atoms with Crippen molar-refractivity contribution >= 4 is 12.1 Å². The molecule has 0 aliphatic carbocycles. The summed E-state index contributed by atoms with van der Waals surface area (Å²) in [6.07, 6.45) is -0.641. The van der Waals surface area contributed by atoms with Crippen LogP contribution in [0.4, 0.5) is 4.79 Å². The number of amides is 1. The second-order valence-corrected chi connectivity index (χ2v) is 8.89. The quantitative estimate of drug-likeness (QED) is 0.589. The van der Waals surface area contributed by atoms with E-state index in [0.29, 0.717) is 6.61 Å². The number of ether oxygens (including phenoxy) is 3. The van der Waals surface area contributed by atoms with Crippen molar-refractivity contribution in [2.75, 3.05) is 0 Å². The summed E-state index contributed by atoms with van der Waals surface area (Å²) in [7, 11) is 0. The van der Waals surface area contributed by atoms with Gasteiger partial charge in [0, 0.05) is 0 Å². The fourth-order valence-electron chi connectivity index (χ4n) is 2.71. The molecular weight excluding hydrogens is 394 g/mol. The number of hydrogen-bond acceptors (Lipinski definition) is 5. The van der Waals surface area contributed by atoms with E-state index in [2.05, 4.69) is 17.4 Å². The Kier molecular flexibility index (Phi) is 8.48. The number of carbonyl (C=O) groups is 2. The highest BCUT2D eigenvalue weighted by Crippen LogP contribution is 2.16. The summed E-state index contributed by atoms with van der Waals surface area (Å²) in [6.45, 7) is 11.6. The van der Waals surface area contributed by atoms with Crippen molar-refractivity contribution in [1.29, 1.82) is 0 Å². The van der Waals surface area contributed by atoms with Gasteiger partial charge >= 0.3 is 12.1 Å². The lowest BCUT2D eigenvalue weighted by atomic mass is 10.1. The highest BCUT2D eigenvalue weighted by molar-refractivity contribution is 5.81. The van der Waals surface area contributed by atoms with Gasteiger partial charge in [0.25, 0.3) is 0 Å². The number of alkyl carbamates (subject to hydrolysis) is 1. The lowest BCUT2D eigenvalue weighted by Crippen LogP contribution is -2.47. The van der Waals surface area contributed by atoms with Crippen molar-refractivity contribution in [2.45, 2.75) is 66.4 Å². The van der Waals surface area contributed by atoms with Gasteiger partial charge in [0.05, 0.1) is 0 Å². The van der Waals surface area contributed by atoms with Crippen LogP contribution in [0.1, 0.15) is 51.3 Å². The molecule has 6 nitrogen and oxygen atoms in total. The molecule has 0 saturated heterocycles. The van der Waals surface area contributed by atoms with Crippen molar-refractivity contribution in [2.24, 2.45) is 5.92 Å². The molecule has 0 aliphatic heterocycles. The van der Waals surface area contributed by atoms with Crippen LogP contribution in [0, 0.1) is 12.8 Å². The summed E-state index contributed by atoms with van der Waals surface area (Å²) in [6, 6.07) is 14.8.